The van der Waals surface area contributed by atoms with Crippen molar-refractivity contribution in [3.8, 4) is 0 Å². The zero-order valence-corrected chi connectivity index (χ0v) is 11.3. The number of fused-ring (bicyclic) bond motifs is 1. The molecule has 3 rings (SSSR count). The molecule has 1 atom stereocenters. The summed E-state index contributed by atoms with van der Waals surface area (Å²) in [4.78, 5) is 35.2. The Morgan fingerprint density at radius 2 is 1.86 bits per heavy atom. The highest BCUT2D eigenvalue weighted by Crippen LogP contribution is 2.18. The van der Waals surface area contributed by atoms with Crippen molar-refractivity contribution in [2.45, 2.75) is 18.9 Å². The van der Waals surface area contributed by atoms with Crippen molar-refractivity contribution in [3.05, 3.63) is 48.0 Å². The third-order valence-electron chi connectivity index (χ3n) is 3.58. The molecule has 1 aliphatic rings. The molecule has 1 heterocycles. The predicted octanol–water partition coefficient (Wildman–Crippen LogP) is 1.37. The molecule has 0 aromatic heterocycles. The molecule has 1 aliphatic heterocycles. The van der Waals surface area contributed by atoms with Crippen LogP contribution in [-0.4, -0.2) is 23.8 Å². The lowest BCUT2D eigenvalue weighted by molar-refractivity contribution is -0.134. The Morgan fingerprint density at radius 1 is 1.10 bits per heavy atom. The molecule has 5 nitrogen and oxygen atoms in total. The second-order valence-corrected chi connectivity index (χ2v) is 5.00. The van der Waals surface area contributed by atoms with Gasteiger partial charge in [-0.1, -0.05) is 36.4 Å². The number of imide groups is 1. The first-order valence-electron chi connectivity index (χ1n) is 6.77. The van der Waals surface area contributed by atoms with Gasteiger partial charge >= 0.3 is 0 Å². The molecule has 2 N–H and O–H groups in total. The Labute approximate surface area is 121 Å². The molecular formula is C16H14N2O3. The van der Waals surface area contributed by atoms with Crippen LogP contribution >= 0.6 is 0 Å². The predicted molar refractivity (Wildman–Crippen MR) is 77.6 cm³/mol. The van der Waals surface area contributed by atoms with Crippen molar-refractivity contribution >= 4 is 28.5 Å². The van der Waals surface area contributed by atoms with Crippen molar-refractivity contribution in [1.82, 2.24) is 10.6 Å². The summed E-state index contributed by atoms with van der Waals surface area (Å²) in [6.45, 7) is 0. The van der Waals surface area contributed by atoms with E-state index >= 15 is 0 Å². The van der Waals surface area contributed by atoms with E-state index in [1.807, 2.05) is 36.4 Å². The second kappa shape index (κ2) is 5.36. The first-order chi connectivity index (χ1) is 10.1. The fourth-order valence-electron chi connectivity index (χ4n) is 2.49. The normalized spacial score (nSPS) is 18.4. The van der Waals surface area contributed by atoms with Gasteiger partial charge in [0.2, 0.25) is 11.8 Å². The van der Waals surface area contributed by atoms with E-state index < -0.39 is 11.9 Å². The maximum absolute atomic E-state index is 12.4. The summed E-state index contributed by atoms with van der Waals surface area (Å²) in [6.07, 6.45) is 0.577. The second-order valence-electron chi connectivity index (χ2n) is 5.00. The van der Waals surface area contributed by atoms with Gasteiger partial charge in [0.1, 0.15) is 6.04 Å². The molecule has 5 heteroatoms. The highest BCUT2D eigenvalue weighted by Gasteiger charge is 2.28. The van der Waals surface area contributed by atoms with Gasteiger partial charge < -0.3 is 5.32 Å². The van der Waals surface area contributed by atoms with Crippen LogP contribution in [0.15, 0.2) is 42.5 Å². The molecule has 0 radical (unpaired) electrons. The van der Waals surface area contributed by atoms with E-state index in [2.05, 4.69) is 10.6 Å². The first-order valence-corrected chi connectivity index (χ1v) is 6.77. The first kappa shape index (κ1) is 13.3. The molecular weight excluding hydrogens is 268 g/mol. The minimum atomic E-state index is -0.658. The lowest BCUT2D eigenvalue weighted by Crippen LogP contribution is -2.52. The lowest BCUT2D eigenvalue weighted by Gasteiger charge is -2.22. The summed E-state index contributed by atoms with van der Waals surface area (Å²) in [6, 6.07) is 12.4. The third kappa shape index (κ3) is 2.63. The molecule has 0 aliphatic carbocycles. The third-order valence-corrected chi connectivity index (χ3v) is 3.58. The van der Waals surface area contributed by atoms with Gasteiger partial charge in [0.25, 0.3) is 5.91 Å². The molecule has 1 fully saturated rings. The SMILES string of the molecule is O=C1CCC(NC(=O)c2cccc3ccccc23)C(=O)N1. The highest BCUT2D eigenvalue weighted by atomic mass is 16.2. The van der Waals surface area contributed by atoms with Gasteiger partial charge in [0, 0.05) is 12.0 Å². The van der Waals surface area contributed by atoms with E-state index in [4.69, 9.17) is 0 Å². The van der Waals surface area contributed by atoms with Crippen molar-refractivity contribution in [3.63, 3.8) is 0 Å². The molecule has 0 saturated carbocycles. The number of carbonyl (C=O) groups excluding carboxylic acids is 3. The molecule has 0 bridgehead atoms. The largest absolute Gasteiger partial charge is 0.340 e. The van der Waals surface area contributed by atoms with E-state index in [1.54, 1.807) is 6.07 Å². The van der Waals surface area contributed by atoms with Crippen molar-refractivity contribution < 1.29 is 14.4 Å². The van der Waals surface area contributed by atoms with Crippen molar-refractivity contribution in [2.24, 2.45) is 0 Å². The number of hydrogen-bond donors (Lipinski definition) is 2. The monoisotopic (exact) mass is 282 g/mol. The Morgan fingerprint density at radius 3 is 2.67 bits per heavy atom. The zero-order chi connectivity index (χ0) is 14.8. The van der Waals surface area contributed by atoms with Crippen molar-refractivity contribution in [1.29, 1.82) is 0 Å². The van der Waals surface area contributed by atoms with Crippen LogP contribution in [0.2, 0.25) is 0 Å². The average Bonchev–Trinajstić information content (AvgIpc) is 2.49. The Balaban J connectivity index is 1.84. The highest BCUT2D eigenvalue weighted by molar-refractivity contribution is 6.09. The smallest absolute Gasteiger partial charge is 0.252 e. The van der Waals surface area contributed by atoms with Gasteiger partial charge in [-0.3, -0.25) is 19.7 Å². The van der Waals surface area contributed by atoms with Crippen LogP contribution in [0.5, 0.6) is 0 Å². The fourth-order valence-corrected chi connectivity index (χ4v) is 2.49. The Hall–Kier alpha value is -2.69. The average molecular weight is 282 g/mol. The number of piperidine rings is 1. The van der Waals surface area contributed by atoms with Crippen LogP contribution in [-0.2, 0) is 9.59 Å². The molecule has 3 amide bonds. The topological polar surface area (TPSA) is 75.3 Å². The summed E-state index contributed by atoms with van der Waals surface area (Å²) in [5.74, 6) is -1.04. The summed E-state index contributed by atoms with van der Waals surface area (Å²) in [5.41, 5.74) is 0.526. The van der Waals surface area contributed by atoms with E-state index in [0.29, 0.717) is 12.0 Å². The minimum Gasteiger partial charge on any atom is -0.340 e. The van der Waals surface area contributed by atoms with Gasteiger partial charge in [-0.05, 0) is 23.3 Å². The lowest BCUT2D eigenvalue weighted by atomic mass is 10.0. The molecule has 1 unspecified atom stereocenters. The van der Waals surface area contributed by atoms with Crippen LogP contribution < -0.4 is 10.6 Å². The number of rotatable bonds is 2. The maximum Gasteiger partial charge on any atom is 0.252 e. The molecule has 0 spiro atoms. The summed E-state index contributed by atoms with van der Waals surface area (Å²) in [5, 5.41) is 6.73. The molecule has 2 aromatic rings. The van der Waals surface area contributed by atoms with E-state index in [1.165, 1.54) is 0 Å². The van der Waals surface area contributed by atoms with Crippen LogP contribution in [0.4, 0.5) is 0 Å². The number of amides is 3. The standard InChI is InChI=1S/C16H14N2O3/c19-14-9-8-13(16(21)18-14)17-15(20)12-7-3-5-10-4-1-2-6-11(10)12/h1-7,13H,8-9H2,(H,17,20)(H,18,19,21). The fraction of sp³-hybridized carbons (Fsp3) is 0.188. The maximum atomic E-state index is 12.4. The Bertz CT molecular complexity index is 734. The number of hydrogen-bond acceptors (Lipinski definition) is 3. The zero-order valence-electron chi connectivity index (χ0n) is 11.3. The van der Waals surface area contributed by atoms with E-state index in [9.17, 15) is 14.4 Å². The van der Waals surface area contributed by atoms with Gasteiger partial charge in [-0.2, -0.15) is 0 Å². The number of carbonyl (C=O) groups is 3. The van der Waals surface area contributed by atoms with Crippen molar-refractivity contribution in [2.75, 3.05) is 0 Å². The Kier molecular flexibility index (Phi) is 3.39. The van der Waals surface area contributed by atoms with E-state index in [-0.39, 0.29) is 18.2 Å². The molecule has 21 heavy (non-hydrogen) atoms. The van der Waals surface area contributed by atoms with E-state index in [0.717, 1.165) is 10.8 Å². The summed E-state index contributed by atoms with van der Waals surface area (Å²) < 4.78 is 0. The quantitative estimate of drug-likeness (QED) is 0.817. The molecule has 106 valence electrons. The van der Waals surface area contributed by atoms with Gasteiger partial charge in [0.05, 0.1) is 0 Å². The van der Waals surface area contributed by atoms with Crippen LogP contribution in [0.3, 0.4) is 0 Å². The van der Waals surface area contributed by atoms with Gasteiger partial charge in [-0.25, -0.2) is 0 Å². The number of nitrogens with one attached hydrogen (secondary N) is 2. The summed E-state index contributed by atoms with van der Waals surface area (Å²) in [7, 11) is 0. The minimum absolute atomic E-state index is 0.242. The van der Waals surface area contributed by atoms with Gasteiger partial charge in [-0.15, -0.1) is 0 Å². The van der Waals surface area contributed by atoms with Crippen LogP contribution in [0.1, 0.15) is 23.2 Å². The summed E-state index contributed by atoms with van der Waals surface area (Å²) >= 11 is 0. The van der Waals surface area contributed by atoms with Gasteiger partial charge in [0.15, 0.2) is 0 Å². The van der Waals surface area contributed by atoms with Crippen LogP contribution in [0.25, 0.3) is 10.8 Å². The van der Waals surface area contributed by atoms with Crippen LogP contribution in [0, 0.1) is 0 Å². The molecule has 2 aromatic carbocycles. The number of benzene rings is 2. The molecule has 1 saturated heterocycles.